The van der Waals surface area contributed by atoms with Gasteiger partial charge in [-0.2, -0.15) is 0 Å². The molecule has 0 radical (unpaired) electrons. The Morgan fingerprint density at radius 2 is 2.40 bits per heavy atom. The molecule has 0 aliphatic rings. The van der Waals surface area contributed by atoms with E-state index in [4.69, 9.17) is 0 Å². The number of nitro groups is 1. The fraction of sp³-hybridized carbons (Fsp3) is 0.250. The molecule has 0 aliphatic carbocycles. The monoisotopic (exact) mass is 211 g/mol. The highest BCUT2D eigenvalue weighted by atomic mass is 16.6. The number of hydrogen-bond donors (Lipinski definition) is 1. The molecule has 1 amide bonds. The highest BCUT2D eigenvalue weighted by molar-refractivity contribution is 5.83. The van der Waals surface area contributed by atoms with E-state index in [9.17, 15) is 14.9 Å². The molecule has 0 saturated carbocycles. The molecular formula is C8H9N3O4. The van der Waals surface area contributed by atoms with Crippen molar-refractivity contribution in [1.29, 1.82) is 0 Å². The molecule has 0 aliphatic heterocycles. The van der Waals surface area contributed by atoms with E-state index in [2.05, 4.69) is 15.0 Å². The summed E-state index contributed by atoms with van der Waals surface area (Å²) in [5, 5.41) is 12.6. The summed E-state index contributed by atoms with van der Waals surface area (Å²) in [7, 11) is 0. The zero-order chi connectivity index (χ0) is 11.3. The van der Waals surface area contributed by atoms with Crippen LogP contribution in [0.2, 0.25) is 0 Å². The first-order valence-corrected chi connectivity index (χ1v) is 4.17. The van der Waals surface area contributed by atoms with Gasteiger partial charge in [0.05, 0.1) is 11.5 Å². The molecule has 7 nitrogen and oxygen atoms in total. The van der Waals surface area contributed by atoms with Crippen LogP contribution in [0.4, 0.5) is 16.3 Å². The summed E-state index contributed by atoms with van der Waals surface area (Å²) >= 11 is 0. The van der Waals surface area contributed by atoms with Crippen molar-refractivity contribution in [2.75, 3.05) is 11.9 Å². The fourth-order valence-corrected chi connectivity index (χ4v) is 0.840. The molecular weight excluding hydrogens is 202 g/mol. The topological polar surface area (TPSA) is 94.4 Å². The number of carbonyl (C=O) groups excluding carboxylic acids is 1. The lowest BCUT2D eigenvalue weighted by atomic mass is 10.4. The number of pyridine rings is 1. The third-order valence-electron chi connectivity index (χ3n) is 1.46. The Balaban J connectivity index is 2.64. The highest BCUT2D eigenvalue weighted by Gasteiger charge is 2.07. The number of ether oxygens (including phenoxy) is 1. The molecule has 1 heterocycles. The summed E-state index contributed by atoms with van der Waals surface area (Å²) < 4.78 is 4.60. The van der Waals surface area contributed by atoms with Gasteiger partial charge in [0.25, 0.3) is 5.69 Å². The van der Waals surface area contributed by atoms with Gasteiger partial charge in [-0.05, 0) is 13.0 Å². The van der Waals surface area contributed by atoms with Gasteiger partial charge in [0.15, 0.2) is 0 Å². The molecule has 0 fully saturated rings. The molecule has 1 N–H and O–H groups in total. The Morgan fingerprint density at radius 1 is 1.67 bits per heavy atom. The van der Waals surface area contributed by atoms with E-state index in [1.54, 1.807) is 6.92 Å². The highest BCUT2D eigenvalue weighted by Crippen LogP contribution is 2.11. The van der Waals surface area contributed by atoms with E-state index in [0.29, 0.717) is 0 Å². The molecule has 1 rings (SSSR count). The predicted octanol–water partition coefficient (Wildman–Crippen LogP) is 1.56. The minimum absolute atomic E-state index is 0.135. The first-order chi connectivity index (χ1) is 7.13. The quantitative estimate of drug-likeness (QED) is 0.604. The Hall–Kier alpha value is -2.18. The van der Waals surface area contributed by atoms with Gasteiger partial charge in [0, 0.05) is 6.07 Å². The zero-order valence-corrected chi connectivity index (χ0v) is 7.97. The van der Waals surface area contributed by atoms with E-state index >= 15 is 0 Å². The average Bonchev–Trinajstić information content (AvgIpc) is 2.18. The van der Waals surface area contributed by atoms with Crippen molar-refractivity contribution in [1.82, 2.24) is 4.98 Å². The summed E-state index contributed by atoms with van der Waals surface area (Å²) in [6, 6.07) is 2.57. The molecule has 0 spiro atoms. The van der Waals surface area contributed by atoms with E-state index in [0.717, 1.165) is 6.20 Å². The van der Waals surface area contributed by atoms with Crippen molar-refractivity contribution in [2.24, 2.45) is 0 Å². The van der Waals surface area contributed by atoms with Gasteiger partial charge in [0.1, 0.15) is 12.0 Å². The molecule has 80 valence electrons. The number of carbonyl (C=O) groups is 1. The van der Waals surface area contributed by atoms with Gasteiger partial charge in [-0.25, -0.2) is 9.78 Å². The minimum atomic E-state index is -0.640. The number of nitrogens with zero attached hydrogens (tertiary/aromatic N) is 2. The third-order valence-corrected chi connectivity index (χ3v) is 1.46. The zero-order valence-electron chi connectivity index (χ0n) is 7.97. The van der Waals surface area contributed by atoms with Crippen LogP contribution in [0.3, 0.4) is 0 Å². The number of rotatable bonds is 3. The molecule has 7 heteroatoms. The second-order valence-electron chi connectivity index (χ2n) is 2.50. The van der Waals surface area contributed by atoms with E-state index in [1.807, 2.05) is 0 Å². The second-order valence-corrected chi connectivity index (χ2v) is 2.50. The molecule has 0 atom stereocenters. The number of anilines is 1. The maximum atomic E-state index is 10.9. The van der Waals surface area contributed by atoms with Crippen LogP contribution >= 0.6 is 0 Å². The van der Waals surface area contributed by atoms with Crippen LogP contribution in [0.15, 0.2) is 18.3 Å². The lowest BCUT2D eigenvalue weighted by molar-refractivity contribution is -0.385. The van der Waals surface area contributed by atoms with Crippen molar-refractivity contribution < 1.29 is 14.5 Å². The number of amides is 1. The standard InChI is InChI=1S/C8H9N3O4/c1-2-15-8(12)10-7-4-3-6(5-9-7)11(13)14/h3-5H,2H2,1H3,(H,9,10,12). The van der Waals surface area contributed by atoms with Crippen LogP contribution in [-0.2, 0) is 4.74 Å². The lowest BCUT2D eigenvalue weighted by Gasteiger charge is -2.02. The summed E-state index contributed by atoms with van der Waals surface area (Å²) in [6.07, 6.45) is 0.417. The fourth-order valence-electron chi connectivity index (χ4n) is 0.840. The molecule has 1 aromatic heterocycles. The van der Waals surface area contributed by atoms with Crippen molar-refractivity contribution in [2.45, 2.75) is 6.92 Å². The molecule has 15 heavy (non-hydrogen) atoms. The molecule has 0 saturated heterocycles. The first-order valence-electron chi connectivity index (χ1n) is 4.17. The second kappa shape index (κ2) is 4.89. The van der Waals surface area contributed by atoms with Crippen LogP contribution in [0.25, 0.3) is 0 Å². The Morgan fingerprint density at radius 3 is 2.87 bits per heavy atom. The summed E-state index contributed by atoms with van der Waals surface area (Å²) in [5.41, 5.74) is -0.135. The normalized spacial score (nSPS) is 9.40. The summed E-state index contributed by atoms with van der Waals surface area (Å²) in [5.74, 6) is 0.207. The van der Waals surface area contributed by atoms with Gasteiger partial charge < -0.3 is 4.74 Å². The van der Waals surface area contributed by atoms with Crippen molar-refractivity contribution in [3.05, 3.63) is 28.4 Å². The van der Waals surface area contributed by atoms with E-state index < -0.39 is 11.0 Å². The maximum absolute atomic E-state index is 10.9. The predicted molar refractivity (Wildman–Crippen MR) is 51.5 cm³/mol. The van der Waals surface area contributed by atoms with Crippen LogP contribution < -0.4 is 5.32 Å². The van der Waals surface area contributed by atoms with Gasteiger partial charge >= 0.3 is 6.09 Å². The Bertz CT molecular complexity index is 363. The van der Waals surface area contributed by atoms with Gasteiger partial charge in [-0.15, -0.1) is 0 Å². The lowest BCUT2D eigenvalue weighted by Crippen LogP contribution is -2.14. The minimum Gasteiger partial charge on any atom is -0.450 e. The third kappa shape index (κ3) is 3.22. The van der Waals surface area contributed by atoms with Gasteiger partial charge in [0.2, 0.25) is 0 Å². The van der Waals surface area contributed by atoms with Gasteiger partial charge in [-0.1, -0.05) is 0 Å². The van der Waals surface area contributed by atoms with Crippen LogP contribution in [0.5, 0.6) is 0 Å². The maximum Gasteiger partial charge on any atom is 0.412 e. The molecule has 1 aromatic rings. The molecule has 0 unspecified atom stereocenters. The Labute approximate surface area is 85.2 Å². The summed E-state index contributed by atoms with van der Waals surface area (Å²) in [6.45, 7) is 1.92. The van der Waals surface area contributed by atoms with Crippen molar-refractivity contribution >= 4 is 17.6 Å². The average molecular weight is 211 g/mol. The van der Waals surface area contributed by atoms with Crippen molar-refractivity contribution in [3.8, 4) is 0 Å². The molecule has 0 aromatic carbocycles. The van der Waals surface area contributed by atoms with Crippen LogP contribution in [0, 0.1) is 10.1 Å². The van der Waals surface area contributed by atoms with Crippen LogP contribution in [0.1, 0.15) is 6.92 Å². The first kappa shape index (κ1) is 10.9. The largest absolute Gasteiger partial charge is 0.450 e. The molecule has 0 bridgehead atoms. The van der Waals surface area contributed by atoms with E-state index in [1.165, 1.54) is 12.1 Å². The van der Waals surface area contributed by atoms with Crippen molar-refractivity contribution in [3.63, 3.8) is 0 Å². The Kier molecular flexibility index (Phi) is 3.55. The smallest absolute Gasteiger partial charge is 0.412 e. The SMILES string of the molecule is CCOC(=O)Nc1ccc([N+](=O)[O-])cn1. The summed E-state index contributed by atoms with van der Waals surface area (Å²) in [4.78, 5) is 24.3. The number of nitrogens with one attached hydrogen (secondary N) is 1. The number of aromatic nitrogens is 1. The number of hydrogen-bond acceptors (Lipinski definition) is 5. The van der Waals surface area contributed by atoms with Crippen LogP contribution in [-0.4, -0.2) is 22.6 Å². The van der Waals surface area contributed by atoms with E-state index in [-0.39, 0.29) is 18.1 Å². The van der Waals surface area contributed by atoms with Gasteiger partial charge in [-0.3, -0.25) is 15.4 Å².